The quantitative estimate of drug-likeness (QED) is 0.723. The number of hydrogen-bond acceptors (Lipinski definition) is 5. The van der Waals surface area contributed by atoms with Gasteiger partial charge in [0.05, 0.1) is 11.7 Å². The van der Waals surface area contributed by atoms with Gasteiger partial charge in [-0.2, -0.15) is 0 Å². The highest BCUT2D eigenvalue weighted by molar-refractivity contribution is 5.92. The maximum absolute atomic E-state index is 12.4. The maximum atomic E-state index is 12.4. The van der Waals surface area contributed by atoms with Gasteiger partial charge in [0.1, 0.15) is 12.4 Å². The van der Waals surface area contributed by atoms with Crippen LogP contribution in [0.1, 0.15) is 62.7 Å². The summed E-state index contributed by atoms with van der Waals surface area (Å²) < 4.78 is 16.6. The van der Waals surface area contributed by atoms with Crippen LogP contribution in [0.4, 0.5) is 0 Å². The Bertz CT molecular complexity index is 653. The number of carbonyl (C=O) groups is 2. The normalized spacial score (nSPS) is 25.7. The van der Waals surface area contributed by atoms with Gasteiger partial charge in [-0.15, -0.1) is 0 Å². The maximum Gasteiger partial charge on any atom is 0.338 e. The van der Waals surface area contributed by atoms with Crippen molar-refractivity contribution < 1.29 is 23.8 Å². The van der Waals surface area contributed by atoms with Gasteiger partial charge in [-0.1, -0.05) is 19.8 Å². The number of esters is 1. The topological polar surface area (TPSA) is 73.9 Å². The Balaban J connectivity index is 1.45. The average molecular weight is 389 g/mol. The first kappa shape index (κ1) is 20.6. The zero-order valence-electron chi connectivity index (χ0n) is 16.8. The molecule has 0 bridgehead atoms. The van der Waals surface area contributed by atoms with Crippen molar-refractivity contribution in [1.29, 1.82) is 0 Å². The second kappa shape index (κ2) is 9.92. The van der Waals surface area contributed by atoms with Gasteiger partial charge < -0.3 is 19.5 Å². The van der Waals surface area contributed by atoms with Gasteiger partial charge in [-0.05, 0) is 62.8 Å². The van der Waals surface area contributed by atoms with Crippen molar-refractivity contribution in [3.05, 3.63) is 29.8 Å². The predicted molar refractivity (Wildman–Crippen MR) is 105 cm³/mol. The average Bonchev–Trinajstić information content (AvgIpc) is 3.22. The molecule has 2 aliphatic rings. The van der Waals surface area contributed by atoms with Gasteiger partial charge in [0.25, 0.3) is 5.91 Å². The van der Waals surface area contributed by atoms with Crippen LogP contribution in [-0.4, -0.2) is 43.3 Å². The van der Waals surface area contributed by atoms with Crippen molar-refractivity contribution in [1.82, 2.24) is 5.32 Å². The number of benzene rings is 1. The van der Waals surface area contributed by atoms with Crippen LogP contribution in [0.25, 0.3) is 0 Å². The van der Waals surface area contributed by atoms with Crippen molar-refractivity contribution in [2.24, 2.45) is 5.92 Å². The van der Waals surface area contributed by atoms with Crippen LogP contribution < -0.4 is 10.1 Å². The number of amides is 1. The van der Waals surface area contributed by atoms with Gasteiger partial charge in [-0.25, -0.2) is 4.79 Å². The van der Waals surface area contributed by atoms with E-state index in [2.05, 4.69) is 12.2 Å². The van der Waals surface area contributed by atoms with Crippen molar-refractivity contribution in [2.45, 2.75) is 70.6 Å². The molecule has 28 heavy (non-hydrogen) atoms. The summed E-state index contributed by atoms with van der Waals surface area (Å²) >= 11 is 0. The molecule has 1 amide bonds. The summed E-state index contributed by atoms with van der Waals surface area (Å²) in [5.74, 6) is 0.403. The Kier molecular flexibility index (Phi) is 7.31. The van der Waals surface area contributed by atoms with Gasteiger partial charge in [0, 0.05) is 12.6 Å². The monoisotopic (exact) mass is 389 g/mol. The van der Waals surface area contributed by atoms with E-state index in [4.69, 9.17) is 14.2 Å². The fourth-order valence-electron chi connectivity index (χ4n) is 3.77. The first-order chi connectivity index (χ1) is 13.5. The molecule has 0 aromatic heterocycles. The van der Waals surface area contributed by atoms with Crippen LogP contribution in [0.5, 0.6) is 5.75 Å². The van der Waals surface area contributed by atoms with E-state index in [9.17, 15) is 9.59 Å². The second-order valence-electron chi connectivity index (χ2n) is 7.89. The summed E-state index contributed by atoms with van der Waals surface area (Å²) in [4.78, 5) is 24.7. The molecule has 1 aromatic carbocycles. The molecule has 0 spiro atoms. The third kappa shape index (κ3) is 5.71. The van der Waals surface area contributed by atoms with Crippen LogP contribution in [0.3, 0.4) is 0 Å². The van der Waals surface area contributed by atoms with E-state index < -0.39 is 12.1 Å². The molecule has 154 valence electrons. The molecule has 6 nitrogen and oxygen atoms in total. The van der Waals surface area contributed by atoms with Crippen molar-refractivity contribution in [2.75, 3.05) is 13.2 Å². The minimum absolute atomic E-state index is 0.149. The molecule has 1 aliphatic heterocycles. The van der Waals surface area contributed by atoms with E-state index in [-0.39, 0.29) is 18.1 Å². The van der Waals surface area contributed by atoms with E-state index in [1.807, 2.05) is 0 Å². The lowest BCUT2D eigenvalue weighted by Crippen LogP contribution is -2.45. The third-order valence-corrected chi connectivity index (χ3v) is 5.64. The number of ether oxygens (including phenoxy) is 3. The summed E-state index contributed by atoms with van der Waals surface area (Å²) in [6, 6.07) is 6.95. The van der Waals surface area contributed by atoms with Gasteiger partial charge in [0.2, 0.25) is 0 Å². The first-order valence-corrected chi connectivity index (χ1v) is 10.4. The number of nitrogens with one attached hydrogen (secondary N) is 1. The molecular weight excluding hydrogens is 358 g/mol. The molecule has 4 atom stereocenters. The SMILES string of the molecule is C[C@@H]1CCCC[C@H]1NC(=O)[C@@H](C)OC(=O)c1ccc(OC[C@@H]2CCCO2)cc1. The molecule has 1 saturated heterocycles. The van der Waals surface area contributed by atoms with E-state index in [0.717, 1.165) is 38.7 Å². The zero-order valence-corrected chi connectivity index (χ0v) is 16.8. The minimum Gasteiger partial charge on any atom is -0.491 e. The first-order valence-electron chi connectivity index (χ1n) is 10.4. The number of rotatable bonds is 7. The fraction of sp³-hybridized carbons (Fsp3) is 0.636. The lowest BCUT2D eigenvalue weighted by atomic mass is 9.86. The van der Waals surface area contributed by atoms with Gasteiger partial charge >= 0.3 is 5.97 Å². The van der Waals surface area contributed by atoms with E-state index >= 15 is 0 Å². The minimum atomic E-state index is -0.822. The third-order valence-electron chi connectivity index (χ3n) is 5.64. The smallest absolute Gasteiger partial charge is 0.338 e. The molecule has 0 radical (unpaired) electrons. The molecule has 3 rings (SSSR count). The van der Waals surface area contributed by atoms with Crippen molar-refractivity contribution in [3.63, 3.8) is 0 Å². The number of carbonyl (C=O) groups excluding carboxylic acids is 2. The summed E-state index contributed by atoms with van der Waals surface area (Å²) in [5.41, 5.74) is 0.398. The molecule has 1 saturated carbocycles. The van der Waals surface area contributed by atoms with E-state index in [1.165, 1.54) is 6.42 Å². The van der Waals surface area contributed by atoms with Crippen LogP contribution in [0, 0.1) is 5.92 Å². The highest BCUT2D eigenvalue weighted by Gasteiger charge is 2.26. The van der Waals surface area contributed by atoms with Crippen LogP contribution >= 0.6 is 0 Å². The predicted octanol–water partition coefficient (Wildman–Crippen LogP) is 3.48. The summed E-state index contributed by atoms with van der Waals surface area (Å²) in [5, 5.41) is 3.03. The summed E-state index contributed by atoms with van der Waals surface area (Å²) in [6.07, 6.45) is 5.87. The largest absolute Gasteiger partial charge is 0.491 e. The van der Waals surface area contributed by atoms with Crippen LogP contribution in [-0.2, 0) is 14.3 Å². The highest BCUT2D eigenvalue weighted by atomic mass is 16.5. The molecule has 1 heterocycles. The molecule has 2 fully saturated rings. The molecule has 1 aromatic rings. The molecule has 1 N–H and O–H groups in total. The summed E-state index contributed by atoms with van der Waals surface area (Å²) in [7, 11) is 0. The number of hydrogen-bond donors (Lipinski definition) is 1. The summed E-state index contributed by atoms with van der Waals surface area (Å²) in [6.45, 7) is 5.08. The molecule has 6 heteroatoms. The van der Waals surface area contributed by atoms with E-state index in [0.29, 0.717) is 23.8 Å². The highest BCUT2D eigenvalue weighted by Crippen LogP contribution is 2.24. The Morgan fingerprint density at radius 2 is 1.89 bits per heavy atom. The van der Waals surface area contributed by atoms with Crippen molar-refractivity contribution in [3.8, 4) is 5.75 Å². The Hall–Kier alpha value is -2.08. The standard InChI is InChI=1S/C22H31NO5/c1-15-6-3-4-8-20(15)23-21(24)16(2)28-22(25)17-9-11-18(12-10-17)27-14-19-7-5-13-26-19/h9-12,15-16,19-20H,3-8,13-14H2,1-2H3,(H,23,24)/t15-,16-,19+,20-/m1/s1. The van der Waals surface area contributed by atoms with Gasteiger partial charge in [0.15, 0.2) is 6.10 Å². The molecular formula is C22H31NO5. The van der Waals surface area contributed by atoms with Crippen molar-refractivity contribution >= 4 is 11.9 Å². The second-order valence-corrected chi connectivity index (χ2v) is 7.89. The lowest BCUT2D eigenvalue weighted by molar-refractivity contribution is -0.130. The van der Waals surface area contributed by atoms with Gasteiger partial charge in [-0.3, -0.25) is 4.79 Å². The Morgan fingerprint density at radius 3 is 2.57 bits per heavy atom. The van der Waals surface area contributed by atoms with E-state index in [1.54, 1.807) is 31.2 Å². The van der Waals surface area contributed by atoms with Crippen LogP contribution in [0.15, 0.2) is 24.3 Å². The Labute approximate surface area is 166 Å². The fourth-order valence-corrected chi connectivity index (χ4v) is 3.77. The lowest BCUT2D eigenvalue weighted by Gasteiger charge is -2.30. The Morgan fingerprint density at radius 1 is 1.14 bits per heavy atom. The van der Waals surface area contributed by atoms with Crippen LogP contribution in [0.2, 0.25) is 0 Å². The molecule has 0 unspecified atom stereocenters. The zero-order chi connectivity index (χ0) is 19.9. The molecule has 1 aliphatic carbocycles.